The van der Waals surface area contributed by atoms with Gasteiger partial charge in [0, 0.05) is 37.6 Å². The van der Waals surface area contributed by atoms with Crippen molar-refractivity contribution in [3.05, 3.63) is 52.0 Å². The maximum atomic E-state index is 12.6. The minimum Gasteiger partial charge on any atom is -0.352 e. The molecule has 1 heterocycles. The second kappa shape index (κ2) is 9.72. The Hall–Kier alpha value is -1.63. The second-order valence-electron chi connectivity index (χ2n) is 6.76. The molecule has 2 aromatic carbocycles. The molecule has 2 aromatic rings. The van der Waals surface area contributed by atoms with E-state index in [4.69, 9.17) is 4.99 Å². The lowest BCUT2D eigenvalue weighted by Gasteiger charge is -2.17. The van der Waals surface area contributed by atoms with Gasteiger partial charge in [0.1, 0.15) is 0 Å². The molecular formula is C22H26BrN3OS. The SMILES string of the molecule is CCN(CC)CCCNC(=O)c1ccc2c(c1)N=C(C)c1cc(Br)ccc1S2. The van der Waals surface area contributed by atoms with Crippen molar-refractivity contribution in [2.75, 3.05) is 26.2 Å². The molecule has 0 saturated carbocycles. The molecule has 0 saturated heterocycles. The van der Waals surface area contributed by atoms with E-state index in [0.717, 1.165) is 52.4 Å². The number of benzene rings is 2. The molecule has 0 bridgehead atoms. The Morgan fingerprint density at radius 3 is 2.64 bits per heavy atom. The number of hydrogen-bond acceptors (Lipinski definition) is 4. The number of carbonyl (C=O) groups excluding carboxylic acids is 1. The van der Waals surface area contributed by atoms with Crippen LogP contribution in [0, 0.1) is 0 Å². The van der Waals surface area contributed by atoms with Crippen molar-refractivity contribution >= 4 is 45.0 Å². The van der Waals surface area contributed by atoms with E-state index in [-0.39, 0.29) is 5.91 Å². The summed E-state index contributed by atoms with van der Waals surface area (Å²) in [6.45, 7) is 10.1. The van der Waals surface area contributed by atoms with Gasteiger partial charge in [-0.25, -0.2) is 0 Å². The Bertz CT molecular complexity index is 893. The number of amides is 1. The molecule has 0 aliphatic carbocycles. The Morgan fingerprint density at radius 2 is 1.89 bits per heavy atom. The van der Waals surface area contributed by atoms with Gasteiger partial charge in [0.25, 0.3) is 5.91 Å². The van der Waals surface area contributed by atoms with Gasteiger partial charge < -0.3 is 10.2 Å². The third-order valence-electron chi connectivity index (χ3n) is 4.89. The molecule has 3 rings (SSSR count). The highest BCUT2D eigenvalue weighted by Crippen LogP contribution is 2.41. The molecule has 0 spiro atoms. The molecule has 0 aromatic heterocycles. The first kappa shape index (κ1) is 21.1. The van der Waals surface area contributed by atoms with Gasteiger partial charge in [-0.05, 0) is 69.4 Å². The number of rotatable bonds is 7. The molecule has 0 unspecified atom stereocenters. The normalized spacial score (nSPS) is 12.8. The second-order valence-corrected chi connectivity index (χ2v) is 8.76. The lowest BCUT2D eigenvalue weighted by molar-refractivity contribution is 0.0952. The van der Waals surface area contributed by atoms with Gasteiger partial charge in [0.2, 0.25) is 0 Å². The van der Waals surface area contributed by atoms with Crippen molar-refractivity contribution in [3.63, 3.8) is 0 Å². The average molecular weight is 460 g/mol. The number of aliphatic imine (C=N–C) groups is 1. The Kier molecular flexibility index (Phi) is 7.32. The van der Waals surface area contributed by atoms with Crippen LogP contribution in [-0.4, -0.2) is 42.7 Å². The fraction of sp³-hybridized carbons (Fsp3) is 0.364. The molecule has 1 N–H and O–H groups in total. The highest BCUT2D eigenvalue weighted by Gasteiger charge is 2.17. The minimum atomic E-state index is -0.0373. The van der Waals surface area contributed by atoms with E-state index in [0.29, 0.717) is 12.1 Å². The highest BCUT2D eigenvalue weighted by atomic mass is 79.9. The lowest BCUT2D eigenvalue weighted by Crippen LogP contribution is -2.29. The van der Waals surface area contributed by atoms with Gasteiger partial charge in [-0.15, -0.1) is 0 Å². The molecule has 148 valence electrons. The standard InChI is InChI=1S/C22H26BrN3OS/c1-4-26(5-2)12-6-11-24-22(27)16-7-9-21-19(13-16)25-15(3)18-14-17(23)8-10-20(18)28-21/h7-10,13-14H,4-6,11-12H2,1-3H3,(H,24,27). The monoisotopic (exact) mass is 459 g/mol. The molecule has 1 amide bonds. The van der Waals surface area contributed by atoms with E-state index < -0.39 is 0 Å². The van der Waals surface area contributed by atoms with Gasteiger partial charge in [0.15, 0.2) is 0 Å². The van der Waals surface area contributed by atoms with Crippen LogP contribution in [0.4, 0.5) is 5.69 Å². The fourth-order valence-corrected chi connectivity index (χ4v) is 4.61. The van der Waals surface area contributed by atoms with Crippen LogP contribution in [0.3, 0.4) is 0 Å². The summed E-state index contributed by atoms with van der Waals surface area (Å²) in [6.07, 6.45) is 0.954. The summed E-state index contributed by atoms with van der Waals surface area (Å²) in [4.78, 5) is 22.0. The van der Waals surface area contributed by atoms with Gasteiger partial charge in [0.05, 0.1) is 5.69 Å². The molecule has 0 fully saturated rings. The summed E-state index contributed by atoms with van der Waals surface area (Å²) < 4.78 is 1.04. The van der Waals surface area contributed by atoms with E-state index in [2.05, 4.69) is 52.1 Å². The number of nitrogens with one attached hydrogen (secondary N) is 1. The van der Waals surface area contributed by atoms with Gasteiger partial charge in [-0.3, -0.25) is 9.79 Å². The molecule has 1 aliphatic heterocycles. The predicted molar refractivity (Wildman–Crippen MR) is 121 cm³/mol. The average Bonchev–Trinajstić information content (AvgIpc) is 2.83. The van der Waals surface area contributed by atoms with E-state index in [1.165, 1.54) is 4.90 Å². The quantitative estimate of drug-likeness (QED) is 0.554. The molecular weight excluding hydrogens is 434 g/mol. The van der Waals surface area contributed by atoms with Crippen molar-refractivity contribution in [2.45, 2.75) is 37.0 Å². The van der Waals surface area contributed by atoms with Crippen LogP contribution in [0.15, 0.2) is 55.7 Å². The fourth-order valence-electron chi connectivity index (χ4n) is 3.21. The van der Waals surface area contributed by atoms with Gasteiger partial charge in [-0.2, -0.15) is 0 Å². The third kappa shape index (κ3) is 5.04. The topological polar surface area (TPSA) is 44.7 Å². The molecule has 1 aliphatic rings. The number of halogens is 1. The molecule has 0 atom stereocenters. The van der Waals surface area contributed by atoms with Crippen molar-refractivity contribution < 1.29 is 4.79 Å². The molecule has 6 heteroatoms. The zero-order valence-electron chi connectivity index (χ0n) is 16.6. The summed E-state index contributed by atoms with van der Waals surface area (Å²) in [5.41, 5.74) is 3.59. The minimum absolute atomic E-state index is 0.0373. The summed E-state index contributed by atoms with van der Waals surface area (Å²) in [7, 11) is 0. The van der Waals surface area contributed by atoms with Crippen LogP contribution < -0.4 is 5.32 Å². The number of carbonyl (C=O) groups is 1. The summed E-state index contributed by atoms with van der Waals surface area (Å²) >= 11 is 5.23. The summed E-state index contributed by atoms with van der Waals surface area (Å²) in [5, 5.41) is 3.03. The number of nitrogens with zero attached hydrogens (tertiary/aromatic N) is 2. The van der Waals surface area contributed by atoms with Crippen molar-refractivity contribution in [1.82, 2.24) is 10.2 Å². The van der Waals surface area contributed by atoms with E-state index in [1.807, 2.05) is 31.2 Å². The van der Waals surface area contributed by atoms with Crippen molar-refractivity contribution in [2.24, 2.45) is 4.99 Å². The van der Waals surface area contributed by atoms with Crippen molar-refractivity contribution in [1.29, 1.82) is 0 Å². The first-order chi connectivity index (χ1) is 13.5. The van der Waals surface area contributed by atoms with E-state index in [1.54, 1.807) is 11.8 Å². The van der Waals surface area contributed by atoms with Crippen LogP contribution in [0.25, 0.3) is 0 Å². The largest absolute Gasteiger partial charge is 0.352 e. The number of fused-ring (bicyclic) bond motifs is 2. The third-order valence-corrected chi connectivity index (χ3v) is 6.53. The summed E-state index contributed by atoms with van der Waals surface area (Å²) in [6, 6.07) is 12.0. The zero-order valence-corrected chi connectivity index (χ0v) is 19.0. The highest BCUT2D eigenvalue weighted by molar-refractivity contribution is 9.10. The molecule has 4 nitrogen and oxygen atoms in total. The first-order valence-electron chi connectivity index (χ1n) is 9.69. The van der Waals surface area contributed by atoms with Gasteiger partial charge >= 0.3 is 0 Å². The maximum Gasteiger partial charge on any atom is 0.251 e. The molecule has 28 heavy (non-hydrogen) atoms. The van der Waals surface area contributed by atoms with Crippen LogP contribution in [0.2, 0.25) is 0 Å². The molecule has 0 radical (unpaired) electrons. The Labute approximate surface area is 179 Å². The number of hydrogen-bond donors (Lipinski definition) is 1. The van der Waals surface area contributed by atoms with Gasteiger partial charge in [-0.1, -0.05) is 41.5 Å². The maximum absolute atomic E-state index is 12.6. The van der Waals surface area contributed by atoms with E-state index in [9.17, 15) is 4.79 Å². The van der Waals surface area contributed by atoms with Crippen LogP contribution >= 0.6 is 27.7 Å². The smallest absolute Gasteiger partial charge is 0.251 e. The first-order valence-corrected chi connectivity index (χ1v) is 11.3. The van der Waals surface area contributed by atoms with E-state index >= 15 is 0 Å². The predicted octanol–water partition coefficient (Wildman–Crippen LogP) is 5.52. The Balaban J connectivity index is 1.71. The Morgan fingerprint density at radius 1 is 1.14 bits per heavy atom. The van der Waals surface area contributed by atoms with Crippen molar-refractivity contribution in [3.8, 4) is 0 Å². The summed E-state index contributed by atoms with van der Waals surface area (Å²) in [5.74, 6) is -0.0373. The van der Waals surface area contributed by atoms with Crippen LogP contribution in [0.5, 0.6) is 0 Å². The van der Waals surface area contributed by atoms with Crippen LogP contribution in [-0.2, 0) is 0 Å². The zero-order chi connectivity index (χ0) is 20.1. The van der Waals surface area contributed by atoms with Crippen LogP contribution in [0.1, 0.15) is 43.1 Å². The lowest BCUT2D eigenvalue weighted by atomic mass is 10.1.